The number of carbonyl (C=O) groups is 2. The molecule has 0 bridgehead atoms. The van der Waals surface area contributed by atoms with Gasteiger partial charge in [-0.2, -0.15) is 0 Å². The molecule has 8 heteroatoms. The predicted molar refractivity (Wildman–Crippen MR) is 159 cm³/mol. The lowest BCUT2D eigenvalue weighted by Gasteiger charge is -2.18. The average molecular weight is 553 g/mol. The highest BCUT2D eigenvalue weighted by atomic mass is 19.1. The second-order valence-electron chi connectivity index (χ2n) is 10.8. The fourth-order valence-electron chi connectivity index (χ4n) is 4.79. The summed E-state index contributed by atoms with van der Waals surface area (Å²) in [6.07, 6.45) is 7.09. The summed E-state index contributed by atoms with van der Waals surface area (Å²) in [5, 5.41) is 6.43. The van der Waals surface area contributed by atoms with Crippen molar-refractivity contribution in [3.05, 3.63) is 89.5 Å². The molecule has 2 amide bonds. The summed E-state index contributed by atoms with van der Waals surface area (Å²) < 4.78 is 19.6. The first kappa shape index (κ1) is 28.0. The zero-order chi connectivity index (χ0) is 29.3. The van der Waals surface area contributed by atoms with E-state index in [1.165, 1.54) is 12.1 Å². The Bertz CT molecular complexity index is 1700. The van der Waals surface area contributed by atoms with Crippen LogP contribution in [0.4, 0.5) is 4.39 Å². The molecule has 0 spiro atoms. The van der Waals surface area contributed by atoms with Crippen molar-refractivity contribution in [3.8, 4) is 22.6 Å². The van der Waals surface area contributed by atoms with E-state index in [1.54, 1.807) is 37.5 Å². The maximum Gasteiger partial charge on any atom is 0.255 e. The Hall–Kier alpha value is -4.59. The zero-order valence-electron chi connectivity index (χ0n) is 23.8. The second-order valence-corrected chi connectivity index (χ2v) is 10.8. The summed E-state index contributed by atoms with van der Waals surface area (Å²) in [7, 11) is 1.55. The molecule has 2 heterocycles. The summed E-state index contributed by atoms with van der Waals surface area (Å²) in [4.78, 5) is 35.5. The van der Waals surface area contributed by atoms with Crippen LogP contribution in [0.1, 0.15) is 59.9 Å². The summed E-state index contributed by atoms with van der Waals surface area (Å²) in [6.45, 7) is 8.08. The van der Waals surface area contributed by atoms with Crippen LogP contribution in [0, 0.1) is 18.7 Å². The third-order valence-electron chi connectivity index (χ3n) is 7.45. The highest BCUT2D eigenvalue weighted by Crippen LogP contribution is 2.38. The normalized spacial score (nSPS) is 14.6. The van der Waals surface area contributed by atoms with E-state index in [9.17, 15) is 14.0 Å². The quantitative estimate of drug-likeness (QED) is 0.233. The van der Waals surface area contributed by atoms with E-state index in [0.717, 1.165) is 29.7 Å². The van der Waals surface area contributed by atoms with Crippen molar-refractivity contribution in [1.82, 2.24) is 15.6 Å². The lowest BCUT2D eigenvalue weighted by atomic mass is 9.99. The Balaban J connectivity index is 1.49. The fourth-order valence-corrected chi connectivity index (χ4v) is 4.79. The molecule has 0 unspecified atom stereocenters. The number of aliphatic imine (C=N–C) groups is 1. The SMILES string of the molecule is CNC(=O)c1c(-c2ccc(F)cc2)oc2cnc(-c3cc(C(=O)NC4(C(C)=N/C=C\C(C)C)CC4)ccc3C)cc12. The number of hydrogen-bond acceptors (Lipinski definition) is 5. The molecule has 5 rings (SSSR count). The molecule has 2 N–H and O–H groups in total. The van der Waals surface area contributed by atoms with Crippen LogP contribution in [0.25, 0.3) is 33.6 Å². The van der Waals surface area contributed by atoms with Gasteiger partial charge in [-0.05, 0) is 80.6 Å². The Morgan fingerprint density at radius 3 is 2.49 bits per heavy atom. The van der Waals surface area contributed by atoms with Gasteiger partial charge in [-0.3, -0.25) is 19.6 Å². The monoisotopic (exact) mass is 552 g/mol. The van der Waals surface area contributed by atoms with Gasteiger partial charge < -0.3 is 15.1 Å². The van der Waals surface area contributed by atoms with Crippen LogP contribution < -0.4 is 10.6 Å². The van der Waals surface area contributed by atoms with Crippen LogP contribution in [0.3, 0.4) is 0 Å². The standard InChI is InChI=1S/C33H33FN4O3/c1-19(2)12-15-36-21(4)33(13-14-33)38-31(39)23-7-6-20(3)25(16-23)27-17-26-28(18-37-27)41-30(29(26)32(40)35-5)22-8-10-24(34)11-9-22/h6-12,15-19H,13-14H2,1-5H3,(H,35,40)(H,38,39)/b15-12-,36-21?. The van der Waals surface area contributed by atoms with E-state index in [-0.39, 0.29) is 17.6 Å². The summed E-state index contributed by atoms with van der Waals surface area (Å²) in [5.41, 5.74) is 4.60. The molecule has 0 radical (unpaired) electrons. The Morgan fingerprint density at radius 2 is 1.83 bits per heavy atom. The maximum atomic E-state index is 13.6. The minimum Gasteiger partial charge on any atom is -0.454 e. The van der Waals surface area contributed by atoms with Gasteiger partial charge in [-0.25, -0.2) is 4.39 Å². The minimum absolute atomic E-state index is 0.180. The molecule has 7 nitrogen and oxygen atoms in total. The molecule has 0 saturated heterocycles. The maximum absolute atomic E-state index is 13.6. The van der Waals surface area contributed by atoms with Gasteiger partial charge in [0.2, 0.25) is 0 Å². The number of nitrogens with zero attached hydrogens (tertiary/aromatic N) is 2. The molecular formula is C33H33FN4O3. The van der Waals surface area contributed by atoms with Crippen molar-refractivity contribution < 1.29 is 18.4 Å². The highest BCUT2D eigenvalue weighted by Gasteiger charge is 2.47. The number of pyridine rings is 1. The summed E-state index contributed by atoms with van der Waals surface area (Å²) in [5.74, 6) is -0.162. The number of nitrogens with one attached hydrogen (secondary N) is 2. The lowest BCUT2D eigenvalue weighted by molar-refractivity contribution is 0.0940. The zero-order valence-corrected chi connectivity index (χ0v) is 23.8. The Morgan fingerprint density at radius 1 is 1.10 bits per heavy atom. The van der Waals surface area contributed by atoms with Crippen LogP contribution in [0.15, 0.2) is 76.4 Å². The number of halogens is 1. The molecule has 1 aliphatic rings. The number of allylic oxidation sites excluding steroid dienone is 1. The van der Waals surface area contributed by atoms with E-state index in [1.807, 2.05) is 38.3 Å². The largest absolute Gasteiger partial charge is 0.454 e. The van der Waals surface area contributed by atoms with Crippen molar-refractivity contribution >= 4 is 28.5 Å². The number of furan rings is 1. The molecule has 0 atom stereocenters. The van der Waals surface area contributed by atoms with Crippen molar-refractivity contribution in [2.75, 3.05) is 7.05 Å². The molecule has 210 valence electrons. The van der Waals surface area contributed by atoms with E-state index in [0.29, 0.717) is 45.0 Å². The molecule has 41 heavy (non-hydrogen) atoms. The van der Waals surface area contributed by atoms with E-state index >= 15 is 0 Å². The molecular weight excluding hydrogens is 519 g/mol. The van der Waals surface area contributed by atoms with Crippen LogP contribution in [-0.4, -0.2) is 35.1 Å². The summed E-state index contributed by atoms with van der Waals surface area (Å²) >= 11 is 0. The number of hydrogen-bond donors (Lipinski definition) is 2. The number of carbonyl (C=O) groups excluding carboxylic acids is 2. The molecule has 0 aliphatic heterocycles. The van der Waals surface area contributed by atoms with Crippen molar-refractivity contribution in [2.24, 2.45) is 10.9 Å². The van der Waals surface area contributed by atoms with Gasteiger partial charge >= 0.3 is 0 Å². The molecule has 2 aromatic carbocycles. The minimum atomic E-state index is -0.420. The third kappa shape index (κ3) is 5.68. The number of benzene rings is 2. The van der Waals surface area contributed by atoms with Gasteiger partial charge in [0.25, 0.3) is 11.8 Å². The predicted octanol–water partition coefficient (Wildman–Crippen LogP) is 6.86. The van der Waals surface area contributed by atoms with Crippen LogP contribution in [-0.2, 0) is 0 Å². The fraction of sp³-hybridized carbons (Fsp3) is 0.273. The third-order valence-corrected chi connectivity index (χ3v) is 7.45. The van der Waals surface area contributed by atoms with Crippen molar-refractivity contribution in [2.45, 2.75) is 46.1 Å². The number of amides is 2. The van der Waals surface area contributed by atoms with E-state index in [4.69, 9.17) is 4.42 Å². The number of aryl methyl sites for hydroxylation is 1. The summed E-state index contributed by atoms with van der Waals surface area (Å²) in [6, 6.07) is 13.1. The average Bonchev–Trinajstić information content (AvgIpc) is 3.64. The van der Waals surface area contributed by atoms with Gasteiger partial charge in [-0.1, -0.05) is 26.0 Å². The Kier molecular flexibility index (Phi) is 7.58. The van der Waals surface area contributed by atoms with Gasteiger partial charge in [0, 0.05) is 41.0 Å². The van der Waals surface area contributed by atoms with Gasteiger partial charge in [0.15, 0.2) is 5.58 Å². The first-order valence-electron chi connectivity index (χ1n) is 13.7. The Labute approximate surface area is 238 Å². The van der Waals surface area contributed by atoms with E-state index < -0.39 is 5.54 Å². The first-order valence-corrected chi connectivity index (χ1v) is 13.7. The molecule has 1 aliphatic carbocycles. The second kappa shape index (κ2) is 11.1. The van der Waals surface area contributed by atoms with Crippen LogP contribution in [0.5, 0.6) is 0 Å². The molecule has 4 aromatic rings. The van der Waals surface area contributed by atoms with Gasteiger partial charge in [0.1, 0.15) is 11.6 Å². The highest BCUT2D eigenvalue weighted by molar-refractivity contribution is 6.11. The van der Waals surface area contributed by atoms with Crippen LogP contribution >= 0.6 is 0 Å². The van der Waals surface area contributed by atoms with Gasteiger partial charge in [-0.15, -0.1) is 0 Å². The van der Waals surface area contributed by atoms with Gasteiger partial charge in [0.05, 0.1) is 23.0 Å². The first-order chi connectivity index (χ1) is 19.6. The number of aromatic nitrogens is 1. The topological polar surface area (TPSA) is 96.6 Å². The molecule has 1 saturated carbocycles. The number of fused-ring (bicyclic) bond motifs is 1. The van der Waals surface area contributed by atoms with Crippen LogP contribution in [0.2, 0.25) is 0 Å². The molecule has 2 aromatic heterocycles. The number of rotatable bonds is 8. The lowest BCUT2D eigenvalue weighted by Crippen LogP contribution is -2.42. The smallest absolute Gasteiger partial charge is 0.255 e. The van der Waals surface area contributed by atoms with Crippen molar-refractivity contribution in [3.63, 3.8) is 0 Å². The van der Waals surface area contributed by atoms with Crippen molar-refractivity contribution in [1.29, 1.82) is 0 Å². The molecule has 1 fully saturated rings. The van der Waals surface area contributed by atoms with E-state index in [2.05, 4.69) is 34.5 Å².